The summed E-state index contributed by atoms with van der Waals surface area (Å²) in [6.07, 6.45) is 5.42. The molecule has 1 fully saturated rings. The van der Waals surface area contributed by atoms with E-state index < -0.39 is 0 Å². The number of piperidine rings is 1. The Labute approximate surface area is 182 Å². The molecular formula is C24H26N4O3. The fourth-order valence-electron chi connectivity index (χ4n) is 3.80. The number of nitrogens with zero attached hydrogens (tertiary/aromatic N) is 3. The highest BCUT2D eigenvalue weighted by Crippen LogP contribution is 2.30. The lowest BCUT2D eigenvalue weighted by Gasteiger charge is -2.32. The van der Waals surface area contributed by atoms with Gasteiger partial charge >= 0.3 is 0 Å². The molecule has 0 unspecified atom stereocenters. The van der Waals surface area contributed by atoms with E-state index in [1.165, 1.54) is 0 Å². The molecular weight excluding hydrogens is 392 g/mol. The zero-order chi connectivity index (χ0) is 21.6. The van der Waals surface area contributed by atoms with Crippen molar-refractivity contribution in [3.05, 3.63) is 60.9 Å². The topological polar surface area (TPSA) is 76.6 Å². The molecule has 7 heteroatoms. The number of rotatable bonds is 6. The van der Waals surface area contributed by atoms with Gasteiger partial charge in [-0.15, -0.1) is 0 Å². The Hall–Kier alpha value is -3.61. The van der Waals surface area contributed by atoms with Gasteiger partial charge in [-0.3, -0.25) is 4.79 Å². The van der Waals surface area contributed by atoms with Crippen LogP contribution in [0.15, 0.2) is 60.9 Å². The number of hydrogen-bond acceptors (Lipinski definition) is 6. The molecule has 0 saturated carbocycles. The molecule has 1 aromatic heterocycles. The fraction of sp³-hybridized carbons (Fsp3) is 0.292. The molecule has 1 saturated heterocycles. The number of carbonyl (C=O) groups excluding carboxylic acids is 1. The second kappa shape index (κ2) is 9.47. The molecule has 0 bridgehead atoms. The lowest BCUT2D eigenvalue weighted by atomic mass is 9.97. The van der Waals surface area contributed by atoms with Gasteiger partial charge in [0.25, 0.3) is 0 Å². The van der Waals surface area contributed by atoms with Gasteiger partial charge in [0.1, 0.15) is 0 Å². The first-order chi connectivity index (χ1) is 15.2. The van der Waals surface area contributed by atoms with Crippen molar-refractivity contribution in [2.45, 2.75) is 12.8 Å². The monoisotopic (exact) mass is 418 g/mol. The lowest BCUT2D eigenvalue weighted by Crippen LogP contribution is -2.41. The zero-order valence-corrected chi connectivity index (χ0v) is 17.7. The molecule has 0 spiro atoms. The maximum Gasteiger partial charge on any atom is 0.229 e. The van der Waals surface area contributed by atoms with Crippen LogP contribution >= 0.6 is 0 Å². The summed E-state index contributed by atoms with van der Waals surface area (Å²) >= 11 is 0. The van der Waals surface area contributed by atoms with Gasteiger partial charge in [-0.05, 0) is 30.5 Å². The molecule has 2 heterocycles. The molecule has 1 amide bonds. The van der Waals surface area contributed by atoms with Gasteiger partial charge in [0.2, 0.25) is 11.9 Å². The number of ether oxygens (including phenoxy) is 2. The first kappa shape index (κ1) is 20.7. The van der Waals surface area contributed by atoms with Crippen molar-refractivity contribution in [3.63, 3.8) is 0 Å². The molecule has 0 radical (unpaired) electrons. The first-order valence-corrected chi connectivity index (χ1v) is 10.3. The van der Waals surface area contributed by atoms with Crippen LogP contribution in [0.1, 0.15) is 12.8 Å². The maximum atomic E-state index is 12.9. The Bertz CT molecular complexity index is 1020. The Kier molecular flexibility index (Phi) is 6.31. The number of anilines is 2. The van der Waals surface area contributed by atoms with Gasteiger partial charge in [0.15, 0.2) is 11.5 Å². The van der Waals surface area contributed by atoms with E-state index in [1.807, 2.05) is 48.8 Å². The summed E-state index contributed by atoms with van der Waals surface area (Å²) in [5.74, 6) is 1.71. The number of nitrogens with one attached hydrogen (secondary N) is 1. The largest absolute Gasteiger partial charge is 0.493 e. The third-order valence-corrected chi connectivity index (χ3v) is 5.47. The van der Waals surface area contributed by atoms with Crippen LogP contribution in [-0.2, 0) is 4.79 Å². The second-order valence-corrected chi connectivity index (χ2v) is 7.48. The van der Waals surface area contributed by atoms with Crippen LogP contribution in [-0.4, -0.2) is 43.2 Å². The molecule has 3 aromatic rings. The molecule has 31 heavy (non-hydrogen) atoms. The number of carbonyl (C=O) groups is 1. The summed E-state index contributed by atoms with van der Waals surface area (Å²) in [7, 11) is 3.16. The van der Waals surface area contributed by atoms with E-state index in [2.05, 4.69) is 20.2 Å². The smallest absolute Gasteiger partial charge is 0.229 e. The highest BCUT2D eigenvalue weighted by atomic mass is 16.5. The van der Waals surface area contributed by atoms with Crippen LogP contribution < -0.4 is 19.7 Å². The van der Waals surface area contributed by atoms with Crippen molar-refractivity contribution < 1.29 is 14.3 Å². The average molecular weight is 418 g/mol. The summed E-state index contributed by atoms with van der Waals surface area (Å²) in [5.41, 5.74) is 2.74. The molecule has 2 aromatic carbocycles. The van der Waals surface area contributed by atoms with Gasteiger partial charge in [-0.2, -0.15) is 0 Å². The third-order valence-electron chi connectivity index (χ3n) is 5.47. The standard InChI is InChI=1S/C24H26N4O3/c1-30-21-11-10-20(13-22(21)31-2)27-23(29)18-9-6-12-28(16-18)24-25-14-19(15-26-24)17-7-4-3-5-8-17/h3-5,7-8,10-11,13-15,18H,6,9,12,16H2,1-2H3,(H,27,29)/t18-/m1/s1. The Balaban J connectivity index is 1.42. The fourth-order valence-corrected chi connectivity index (χ4v) is 3.80. The van der Waals surface area contributed by atoms with Crippen LogP contribution in [0.5, 0.6) is 11.5 Å². The van der Waals surface area contributed by atoms with E-state index >= 15 is 0 Å². The predicted octanol–water partition coefficient (Wildman–Crippen LogP) is 4.02. The van der Waals surface area contributed by atoms with Crippen molar-refractivity contribution in [2.75, 3.05) is 37.5 Å². The summed E-state index contributed by atoms with van der Waals surface area (Å²) < 4.78 is 10.6. The summed E-state index contributed by atoms with van der Waals surface area (Å²) in [4.78, 5) is 24.1. The minimum Gasteiger partial charge on any atom is -0.493 e. The van der Waals surface area contributed by atoms with Crippen LogP contribution in [0.4, 0.5) is 11.6 Å². The first-order valence-electron chi connectivity index (χ1n) is 10.3. The van der Waals surface area contributed by atoms with Crippen LogP contribution in [0.2, 0.25) is 0 Å². The van der Waals surface area contributed by atoms with Crippen LogP contribution in [0.25, 0.3) is 11.1 Å². The molecule has 0 aliphatic carbocycles. The molecule has 4 rings (SSSR count). The van der Waals surface area contributed by atoms with Gasteiger partial charge in [0, 0.05) is 42.8 Å². The van der Waals surface area contributed by atoms with E-state index in [0.717, 1.165) is 30.5 Å². The Morgan fingerprint density at radius 1 is 1.00 bits per heavy atom. The highest BCUT2D eigenvalue weighted by Gasteiger charge is 2.27. The Morgan fingerprint density at radius 3 is 2.45 bits per heavy atom. The molecule has 1 N–H and O–H groups in total. The SMILES string of the molecule is COc1ccc(NC(=O)[C@@H]2CCCN(c3ncc(-c4ccccc4)cn3)C2)cc1OC. The van der Waals surface area contributed by atoms with Gasteiger partial charge in [-0.25, -0.2) is 9.97 Å². The Morgan fingerprint density at radius 2 is 1.74 bits per heavy atom. The molecule has 1 aliphatic heterocycles. The lowest BCUT2D eigenvalue weighted by molar-refractivity contribution is -0.120. The second-order valence-electron chi connectivity index (χ2n) is 7.48. The van der Waals surface area contributed by atoms with Crippen molar-refractivity contribution in [1.29, 1.82) is 0 Å². The minimum absolute atomic E-state index is 0.0159. The van der Waals surface area contributed by atoms with Crippen LogP contribution in [0, 0.1) is 5.92 Å². The van der Waals surface area contributed by atoms with Crippen molar-refractivity contribution in [1.82, 2.24) is 9.97 Å². The number of benzene rings is 2. The number of amides is 1. The predicted molar refractivity (Wildman–Crippen MR) is 121 cm³/mol. The number of hydrogen-bond donors (Lipinski definition) is 1. The third kappa shape index (κ3) is 4.77. The summed E-state index contributed by atoms with van der Waals surface area (Å²) in [6, 6.07) is 15.4. The summed E-state index contributed by atoms with van der Waals surface area (Å²) in [6.45, 7) is 1.43. The van der Waals surface area contributed by atoms with E-state index in [-0.39, 0.29) is 11.8 Å². The number of aromatic nitrogens is 2. The van der Waals surface area contributed by atoms with Crippen molar-refractivity contribution in [3.8, 4) is 22.6 Å². The summed E-state index contributed by atoms with van der Waals surface area (Å²) in [5, 5.41) is 3.00. The average Bonchev–Trinajstić information content (AvgIpc) is 2.84. The van der Waals surface area contributed by atoms with Crippen molar-refractivity contribution >= 4 is 17.5 Å². The maximum absolute atomic E-state index is 12.9. The normalized spacial score (nSPS) is 15.9. The van der Waals surface area contributed by atoms with E-state index in [9.17, 15) is 4.79 Å². The van der Waals surface area contributed by atoms with Gasteiger partial charge in [0.05, 0.1) is 20.1 Å². The molecule has 7 nitrogen and oxygen atoms in total. The van der Waals surface area contributed by atoms with Gasteiger partial charge < -0.3 is 19.7 Å². The highest BCUT2D eigenvalue weighted by molar-refractivity contribution is 5.93. The minimum atomic E-state index is -0.140. The molecule has 160 valence electrons. The van der Waals surface area contributed by atoms with E-state index in [4.69, 9.17) is 9.47 Å². The quantitative estimate of drug-likeness (QED) is 0.652. The van der Waals surface area contributed by atoms with Crippen LogP contribution in [0.3, 0.4) is 0 Å². The molecule has 1 atom stereocenters. The van der Waals surface area contributed by atoms with Crippen molar-refractivity contribution in [2.24, 2.45) is 5.92 Å². The van der Waals surface area contributed by atoms with Gasteiger partial charge in [-0.1, -0.05) is 30.3 Å². The number of methoxy groups -OCH3 is 2. The molecule has 1 aliphatic rings. The zero-order valence-electron chi connectivity index (χ0n) is 17.7. The van der Waals surface area contributed by atoms with E-state index in [0.29, 0.717) is 29.7 Å². The van der Waals surface area contributed by atoms with E-state index in [1.54, 1.807) is 26.4 Å².